The minimum absolute atomic E-state index is 0.174. The molecule has 0 aliphatic heterocycles. The quantitative estimate of drug-likeness (QED) is 0.641. The Balaban J connectivity index is 2.01. The van der Waals surface area contributed by atoms with Crippen LogP contribution in [0.2, 0.25) is 5.02 Å². The molecule has 2 aromatic rings. The number of nitrogens with one attached hydrogen (secondary N) is 1. The molecule has 7 heteroatoms. The minimum atomic E-state index is -0.463. The average Bonchev–Trinajstić information content (AvgIpc) is 2.96. The highest BCUT2D eigenvalue weighted by Gasteiger charge is 2.19. The number of benzene rings is 1. The van der Waals surface area contributed by atoms with E-state index in [0.29, 0.717) is 15.6 Å². The van der Waals surface area contributed by atoms with Gasteiger partial charge in [-0.3, -0.25) is 4.79 Å². The second-order valence-corrected chi connectivity index (χ2v) is 7.12. The first-order valence-electron chi connectivity index (χ1n) is 6.40. The minimum Gasteiger partial charge on any atom is -0.465 e. The van der Waals surface area contributed by atoms with Gasteiger partial charge in [0.2, 0.25) is 5.91 Å². The van der Waals surface area contributed by atoms with E-state index in [4.69, 9.17) is 11.6 Å². The molecule has 4 nitrogen and oxygen atoms in total. The van der Waals surface area contributed by atoms with Crippen molar-refractivity contribution in [3.8, 4) is 0 Å². The summed E-state index contributed by atoms with van der Waals surface area (Å²) in [5.74, 6) is -0.637. The third-order valence-electron chi connectivity index (χ3n) is 2.80. The van der Waals surface area contributed by atoms with Gasteiger partial charge in [-0.25, -0.2) is 4.79 Å². The molecule has 22 heavy (non-hydrogen) atoms. The lowest BCUT2D eigenvalue weighted by molar-refractivity contribution is -0.115. The van der Waals surface area contributed by atoms with Crippen LogP contribution in [0.15, 0.2) is 40.6 Å². The van der Waals surface area contributed by atoms with Gasteiger partial charge in [0.1, 0.15) is 5.00 Å². The lowest BCUT2D eigenvalue weighted by Gasteiger charge is -2.12. The summed E-state index contributed by atoms with van der Waals surface area (Å²) in [7, 11) is 1.31. The summed E-state index contributed by atoms with van der Waals surface area (Å²) in [6.07, 6.45) is 0. The van der Waals surface area contributed by atoms with E-state index in [9.17, 15) is 9.59 Å². The topological polar surface area (TPSA) is 55.4 Å². The number of ether oxygens (including phenoxy) is 1. The molecule has 0 aliphatic rings. The summed E-state index contributed by atoms with van der Waals surface area (Å²) in [4.78, 5) is 24.8. The molecule has 0 bridgehead atoms. The number of anilines is 1. The number of esters is 1. The van der Waals surface area contributed by atoms with Crippen molar-refractivity contribution in [1.82, 2.24) is 0 Å². The van der Waals surface area contributed by atoms with Crippen molar-refractivity contribution in [2.45, 2.75) is 17.1 Å². The van der Waals surface area contributed by atoms with E-state index in [0.717, 1.165) is 4.90 Å². The van der Waals surface area contributed by atoms with Crippen molar-refractivity contribution in [3.63, 3.8) is 0 Å². The van der Waals surface area contributed by atoms with E-state index >= 15 is 0 Å². The summed E-state index contributed by atoms with van der Waals surface area (Å²) < 4.78 is 4.68. The molecule has 1 aromatic carbocycles. The van der Waals surface area contributed by atoms with Gasteiger partial charge in [0.05, 0.1) is 17.9 Å². The number of thioether (sulfide) groups is 1. The Morgan fingerprint density at radius 1 is 1.27 bits per heavy atom. The summed E-state index contributed by atoms with van der Waals surface area (Å²) >= 11 is 8.54. The highest BCUT2D eigenvalue weighted by molar-refractivity contribution is 8.00. The van der Waals surface area contributed by atoms with E-state index in [1.54, 1.807) is 30.5 Å². The van der Waals surface area contributed by atoms with E-state index in [1.807, 2.05) is 12.1 Å². The average molecular weight is 356 g/mol. The molecular formula is C15H14ClNO3S2. The number of amides is 1. The summed E-state index contributed by atoms with van der Waals surface area (Å²) in [6, 6.07) is 8.92. The van der Waals surface area contributed by atoms with Crippen molar-refractivity contribution in [3.05, 3.63) is 46.3 Å². The van der Waals surface area contributed by atoms with Gasteiger partial charge < -0.3 is 10.1 Å². The number of carbonyl (C=O) groups excluding carboxylic acids is 2. The van der Waals surface area contributed by atoms with Gasteiger partial charge in [-0.2, -0.15) is 0 Å². The predicted octanol–water partition coefficient (Wildman–Crippen LogP) is 4.31. The molecule has 1 aromatic heterocycles. The Morgan fingerprint density at radius 3 is 2.59 bits per heavy atom. The number of hydrogen-bond donors (Lipinski definition) is 1. The molecule has 0 aliphatic carbocycles. The molecule has 1 atom stereocenters. The van der Waals surface area contributed by atoms with E-state index in [-0.39, 0.29) is 11.2 Å². The van der Waals surface area contributed by atoms with Gasteiger partial charge in [-0.05, 0) is 42.6 Å². The first-order chi connectivity index (χ1) is 10.5. The van der Waals surface area contributed by atoms with Crippen LogP contribution in [0, 0.1) is 0 Å². The highest BCUT2D eigenvalue weighted by atomic mass is 35.5. The van der Waals surface area contributed by atoms with Gasteiger partial charge in [-0.1, -0.05) is 11.6 Å². The van der Waals surface area contributed by atoms with Crippen molar-refractivity contribution in [2.75, 3.05) is 12.4 Å². The fraction of sp³-hybridized carbons (Fsp3) is 0.200. The number of rotatable bonds is 5. The Morgan fingerprint density at radius 2 is 1.95 bits per heavy atom. The van der Waals surface area contributed by atoms with Crippen LogP contribution in [-0.2, 0) is 9.53 Å². The van der Waals surface area contributed by atoms with E-state index < -0.39 is 5.97 Å². The summed E-state index contributed by atoms with van der Waals surface area (Å²) in [5.41, 5.74) is 0.365. The van der Waals surface area contributed by atoms with Gasteiger partial charge in [-0.15, -0.1) is 23.1 Å². The molecule has 0 saturated heterocycles. The Hall–Kier alpha value is -1.50. The van der Waals surface area contributed by atoms with E-state index in [1.165, 1.54) is 30.2 Å². The first-order valence-corrected chi connectivity index (χ1v) is 8.54. The van der Waals surface area contributed by atoms with Crippen LogP contribution < -0.4 is 5.32 Å². The second-order valence-electron chi connectivity index (χ2n) is 4.36. The molecule has 1 amide bonds. The zero-order valence-electron chi connectivity index (χ0n) is 12.0. The number of halogens is 1. The van der Waals surface area contributed by atoms with Crippen LogP contribution in [0.25, 0.3) is 0 Å². The fourth-order valence-electron chi connectivity index (χ4n) is 1.66. The van der Waals surface area contributed by atoms with Crippen LogP contribution >= 0.6 is 34.7 Å². The van der Waals surface area contributed by atoms with Crippen LogP contribution in [0.4, 0.5) is 5.00 Å². The third-order valence-corrected chi connectivity index (χ3v) is 5.00. The molecule has 0 saturated carbocycles. The van der Waals surface area contributed by atoms with Crippen LogP contribution in [0.3, 0.4) is 0 Å². The molecule has 0 radical (unpaired) electrons. The molecule has 0 fully saturated rings. The first kappa shape index (κ1) is 16.9. The van der Waals surface area contributed by atoms with Gasteiger partial charge in [0, 0.05) is 9.92 Å². The standard InChI is InChI=1S/C15H14ClNO3S2/c1-9(22-11-5-3-10(16)4-6-11)13(18)17-14-12(7-8-21-14)15(19)20-2/h3-9H,1-2H3,(H,17,18). The van der Waals surface area contributed by atoms with Crippen molar-refractivity contribution >= 4 is 51.6 Å². The molecule has 2 rings (SSSR count). The zero-order valence-corrected chi connectivity index (χ0v) is 14.3. The van der Waals surface area contributed by atoms with Gasteiger partial charge in [0.15, 0.2) is 0 Å². The van der Waals surface area contributed by atoms with Gasteiger partial charge >= 0.3 is 5.97 Å². The Bertz CT molecular complexity index is 670. The molecule has 1 heterocycles. The zero-order chi connectivity index (χ0) is 16.1. The van der Waals surface area contributed by atoms with E-state index in [2.05, 4.69) is 10.1 Å². The van der Waals surface area contributed by atoms with Crippen molar-refractivity contribution in [1.29, 1.82) is 0 Å². The SMILES string of the molecule is COC(=O)c1ccsc1NC(=O)C(C)Sc1ccc(Cl)cc1. The number of thiophene rings is 1. The monoisotopic (exact) mass is 355 g/mol. The lowest BCUT2D eigenvalue weighted by atomic mass is 10.3. The summed E-state index contributed by atoms with van der Waals surface area (Å²) in [6.45, 7) is 1.81. The fourth-order valence-corrected chi connectivity index (χ4v) is 3.43. The second kappa shape index (κ2) is 7.67. The molecule has 116 valence electrons. The normalized spacial score (nSPS) is 11.8. The lowest BCUT2D eigenvalue weighted by Crippen LogP contribution is -2.22. The maximum Gasteiger partial charge on any atom is 0.340 e. The highest BCUT2D eigenvalue weighted by Crippen LogP contribution is 2.28. The smallest absolute Gasteiger partial charge is 0.340 e. The van der Waals surface area contributed by atoms with Crippen LogP contribution in [0.5, 0.6) is 0 Å². The Labute approximate surface area is 141 Å². The van der Waals surface area contributed by atoms with Gasteiger partial charge in [0.25, 0.3) is 0 Å². The molecular weight excluding hydrogens is 342 g/mol. The maximum atomic E-state index is 12.2. The van der Waals surface area contributed by atoms with Crippen molar-refractivity contribution in [2.24, 2.45) is 0 Å². The molecule has 1 N–H and O–H groups in total. The van der Waals surface area contributed by atoms with Crippen LogP contribution in [0.1, 0.15) is 17.3 Å². The van der Waals surface area contributed by atoms with Crippen LogP contribution in [-0.4, -0.2) is 24.2 Å². The molecule has 1 unspecified atom stereocenters. The molecule has 0 spiro atoms. The number of methoxy groups -OCH3 is 1. The number of hydrogen-bond acceptors (Lipinski definition) is 5. The summed E-state index contributed by atoms with van der Waals surface area (Å²) in [5, 5.41) is 5.35. The van der Waals surface area contributed by atoms with Crippen molar-refractivity contribution < 1.29 is 14.3 Å². The largest absolute Gasteiger partial charge is 0.465 e. The maximum absolute atomic E-state index is 12.2. The Kier molecular flexibility index (Phi) is 5.88. The third kappa shape index (κ3) is 4.25. The number of carbonyl (C=O) groups is 2. The predicted molar refractivity (Wildman–Crippen MR) is 91.1 cm³/mol.